The number of esters is 1. The molecule has 0 aliphatic rings. The molecule has 0 bridgehead atoms. The Labute approximate surface area is 149 Å². The van der Waals surface area contributed by atoms with Gasteiger partial charge in [0.2, 0.25) is 0 Å². The molecular formula is C20H14N2O2S. The Balaban J connectivity index is 1.99. The number of ether oxygens (including phenoxy) is 1. The van der Waals surface area contributed by atoms with Crippen LogP contribution < -0.4 is 0 Å². The van der Waals surface area contributed by atoms with Crippen LogP contribution >= 0.6 is 11.3 Å². The topological polar surface area (TPSA) is 63.0 Å². The normalized spacial score (nSPS) is 11.0. The summed E-state index contributed by atoms with van der Waals surface area (Å²) in [5, 5.41) is 11.4. The second kappa shape index (κ2) is 7.56. The highest BCUT2D eigenvalue weighted by atomic mass is 32.1. The molecule has 25 heavy (non-hydrogen) atoms. The summed E-state index contributed by atoms with van der Waals surface area (Å²) in [6.07, 6.45) is 1.72. The third-order valence-electron chi connectivity index (χ3n) is 3.56. The van der Waals surface area contributed by atoms with E-state index in [1.807, 2.05) is 35.7 Å². The summed E-state index contributed by atoms with van der Waals surface area (Å²) in [5.74, 6) is -0.446. The van der Waals surface area contributed by atoms with E-state index in [1.54, 1.807) is 30.3 Å². The average Bonchev–Trinajstić information content (AvgIpc) is 3.16. The van der Waals surface area contributed by atoms with Crippen LogP contribution in [0.1, 0.15) is 16.1 Å². The van der Waals surface area contributed by atoms with Gasteiger partial charge < -0.3 is 4.74 Å². The molecule has 1 heterocycles. The summed E-state index contributed by atoms with van der Waals surface area (Å²) in [7, 11) is 1.35. The van der Waals surface area contributed by atoms with E-state index in [9.17, 15) is 4.79 Å². The molecule has 0 aliphatic heterocycles. The van der Waals surface area contributed by atoms with Gasteiger partial charge in [0.05, 0.1) is 30.0 Å². The first-order valence-electron chi connectivity index (χ1n) is 7.53. The standard InChI is InChI=1S/C20H14N2O2S/c1-24-20(23)17(11-14-7-9-15(12-21)10-8-14)19-22-18(13-25-19)16-5-3-2-4-6-16/h2-11,13H,1H3/b17-11-. The summed E-state index contributed by atoms with van der Waals surface area (Å²) in [6, 6.07) is 18.8. The van der Waals surface area contributed by atoms with E-state index in [0.29, 0.717) is 16.1 Å². The van der Waals surface area contributed by atoms with Gasteiger partial charge in [0.25, 0.3) is 0 Å². The summed E-state index contributed by atoms with van der Waals surface area (Å²) in [4.78, 5) is 16.8. The van der Waals surface area contributed by atoms with Crippen molar-refractivity contribution >= 4 is 29.0 Å². The van der Waals surface area contributed by atoms with Crippen molar-refractivity contribution in [3.05, 3.63) is 76.1 Å². The monoisotopic (exact) mass is 346 g/mol. The van der Waals surface area contributed by atoms with Gasteiger partial charge in [-0.05, 0) is 23.8 Å². The molecule has 122 valence electrons. The third-order valence-corrected chi connectivity index (χ3v) is 4.44. The van der Waals surface area contributed by atoms with Crippen molar-refractivity contribution in [3.8, 4) is 17.3 Å². The van der Waals surface area contributed by atoms with Crippen molar-refractivity contribution in [1.82, 2.24) is 4.98 Å². The quantitative estimate of drug-likeness (QED) is 0.519. The van der Waals surface area contributed by atoms with E-state index in [4.69, 9.17) is 10.00 Å². The van der Waals surface area contributed by atoms with Crippen molar-refractivity contribution in [3.63, 3.8) is 0 Å². The lowest BCUT2D eigenvalue weighted by molar-refractivity contribution is -0.133. The van der Waals surface area contributed by atoms with E-state index < -0.39 is 5.97 Å². The third kappa shape index (κ3) is 3.82. The molecule has 2 aromatic carbocycles. The highest BCUT2D eigenvalue weighted by molar-refractivity contribution is 7.11. The van der Waals surface area contributed by atoms with Crippen LogP contribution in [0, 0.1) is 11.3 Å². The molecular weight excluding hydrogens is 332 g/mol. The van der Waals surface area contributed by atoms with Crippen molar-refractivity contribution in [1.29, 1.82) is 5.26 Å². The first kappa shape index (κ1) is 16.6. The molecule has 3 aromatic rings. The van der Waals surface area contributed by atoms with Gasteiger partial charge in [-0.2, -0.15) is 5.26 Å². The second-order valence-electron chi connectivity index (χ2n) is 5.19. The lowest BCUT2D eigenvalue weighted by Crippen LogP contribution is -2.03. The zero-order valence-electron chi connectivity index (χ0n) is 13.5. The fourth-order valence-corrected chi connectivity index (χ4v) is 3.11. The average molecular weight is 346 g/mol. The predicted molar refractivity (Wildman–Crippen MR) is 98.6 cm³/mol. The van der Waals surface area contributed by atoms with Crippen molar-refractivity contribution in [2.24, 2.45) is 0 Å². The molecule has 0 N–H and O–H groups in total. The number of carbonyl (C=O) groups excluding carboxylic acids is 1. The Bertz CT molecular complexity index is 951. The minimum Gasteiger partial charge on any atom is -0.465 e. The van der Waals surface area contributed by atoms with Crippen LogP contribution in [0.5, 0.6) is 0 Å². The van der Waals surface area contributed by atoms with Gasteiger partial charge in [-0.1, -0.05) is 42.5 Å². The molecule has 3 rings (SSSR count). The molecule has 1 aromatic heterocycles. The molecule has 0 amide bonds. The number of aromatic nitrogens is 1. The second-order valence-corrected chi connectivity index (χ2v) is 6.05. The molecule has 0 saturated carbocycles. The summed E-state index contributed by atoms with van der Waals surface area (Å²) < 4.78 is 4.91. The number of methoxy groups -OCH3 is 1. The summed E-state index contributed by atoms with van der Waals surface area (Å²) in [5.41, 5.74) is 3.57. The zero-order chi connectivity index (χ0) is 17.6. The van der Waals surface area contributed by atoms with Crippen LogP contribution in [-0.2, 0) is 9.53 Å². The Kier molecular flexibility index (Phi) is 5.03. The molecule has 0 radical (unpaired) electrons. The molecule has 0 saturated heterocycles. The first-order chi connectivity index (χ1) is 12.2. The number of carbonyl (C=O) groups is 1. The number of thiazole rings is 1. The predicted octanol–water partition coefficient (Wildman–Crippen LogP) is 4.40. The Morgan fingerprint density at radius 2 is 1.88 bits per heavy atom. The van der Waals surface area contributed by atoms with Gasteiger partial charge in [0, 0.05) is 10.9 Å². The number of nitrogens with zero attached hydrogens (tertiary/aromatic N) is 2. The molecule has 5 heteroatoms. The lowest BCUT2D eigenvalue weighted by atomic mass is 10.1. The van der Waals surface area contributed by atoms with Crippen LogP contribution in [0.3, 0.4) is 0 Å². The fraction of sp³-hybridized carbons (Fsp3) is 0.0500. The number of hydrogen-bond acceptors (Lipinski definition) is 5. The maximum absolute atomic E-state index is 12.2. The minimum atomic E-state index is -0.446. The minimum absolute atomic E-state index is 0.388. The summed E-state index contributed by atoms with van der Waals surface area (Å²) in [6.45, 7) is 0. The van der Waals surface area contributed by atoms with Gasteiger partial charge in [0.15, 0.2) is 0 Å². The van der Waals surface area contributed by atoms with E-state index in [-0.39, 0.29) is 0 Å². The highest BCUT2D eigenvalue weighted by Crippen LogP contribution is 2.28. The van der Waals surface area contributed by atoms with E-state index in [1.165, 1.54) is 18.4 Å². The van der Waals surface area contributed by atoms with Crippen LogP contribution in [0.4, 0.5) is 0 Å². The van der Waals surface area contributed by atoms with Crippen molar-refractivity contribution < 1.29 is 9.53 Å². The number of hydrogen-bond donors (Lipinski definition) is 0. The van der Waals surface area contributed by atoms with Gasteiger partial charge in [0.1, 0.15) is 5.01 Å². The lowest BCUT2D eigenvalue weighted by Gasteiger charge is -2.03. The molecule has 0 aliphatic carbocycles. The smallest absolute Gasteiger partial charge is 0.340 e. The van der Waals surface area contributed by atoms with Crippen LogP contribution in [0.2, 0.25) is 0 Å². The van der Waals surface area contributed by atoms with Crippen molar-refractivity contribution in [2.75, 3.05) is 7.11 Å². The molecule has 0 spiro atoms. The van der Waals surface area contributed by atoms with E-state index in [2.05, 4.69) is 11.1 Å². The number of nitriles is 1. The maximum Gasteiger partial charge on any atom is 0.340 e. The highest BCUT2D eigenvalue weighted by Gasteiger charge is 2.17. The Morgan fingerprint density at radius 1 is 1.16 bits per heavy atom. The Hall–Kier alpha value is -3.23. The first-order valence-corrected chi connectivity index (χ1v) is 8.40. The summed E-state index contributed by atoms with van der Waals surface area (Å²) >= 11 is 1.39. The Morgan fingerprint density at radius 3 is 2.52 bits per heavy atom. The van der Waals surface area contributed by atoms with Gasteiger partial charge in [-0.15, -0.1) is 11.3 Å². The van der Waals surface area contributed by atoms with Crippen LogP contribution in [0.25, 0.3) is 22.9 Å². The number of rotatable bonds is 4. The zero-order valence-corrected chi connectivity index (χ0v) is 14.3. The molecule has 4 nitrogen and oxygen atoms in total. The van der Waals surface area contributed by atoms with Gasteiger partial charge in [-0.25, -0.2) is 9.78 Å². The fourth-order valence-electron chi connectivity index (χ4n) is 2.28. The maximum atomic E-state index is 12.2. The van der Waals surface area contributed by atoms with Gasteiger partial charge >= 0.3 is 5.97 Å². The van der Waals surface area contributed by atoms with Crippen LogP contribution in [-0.4, -0.2) is 18.1 Å². The molecule has 0 atom stereocenters. The van der Waals surface area contributed by atoms with E-state index >= 15 is 0 Å². The van der Waals surface area contributed by atoms with Crippen LogP contribution in [0.15, 0.2) is 60.0 Å². The largest absolute Gasteiger partial charge is 0.465 e. The number of benzene rings is 2. The van der Waals surface area contributed by atoms with E-state index in [0.717, 1.165) is 16.8 Å². The van der Waals surface area contributed by atoms with Gasteiger partial charge in [-0.3, -0.25) is 0 Å². The molecule has 0 fully saturated rings. The SMILES string of the molecule is COC(=O)/C(=C\c1ccc(C#N)cc1)c1nc(-c2ccccc2)cs1. The van der Waals surface area contributed by atoms with Crippen molar-refractivity contribution in [2.45, 2.75) is 0 Å². The molecule has 0 unspecified atom stereocenters.